The number of fused-ring (bicyclic) bond motifs is 1. The lowest BCUT2D eigenvalue weighted by Crippen LogP contribution is -2.44. The van der Waals surface area contributed by atoms with Crippen LogP contribution in [0.5, 0.6) is 5.75 Å². The zero-order valence-electron chi connectivity index (χ0n) is 17.1. The van der Waals surface area contributed by atoms with Crippen molar-refractivity contribution in [1.29, 1.82) is 0 Å². The summed E-state index contributed by atoms with van der Waals surface area (Å²) in [4.78, 5) is 18.2. The largest absolute Gasteiger partial charge is 0.496 e. The maximum absolute atomic E-state index is 13.3. The summed E-state index contributed by atoms with van der Waals surface area (Å²) in [5.41, 5.74) is 3.47. The van der Waals surface area contributed by atoms with Gasteiger partial charge in [-0.3, -0.25) is 5.32 Å². The maximum Gasteiger partial charge on any atom is 0.359 e. The molecule has 0 spiro atoms. The Morgan fingerprint density at radius 1 is 1.06 bits per heavy atom. The number of methoxy groups -OCH3 is 1. The Morgan fingerprint density at radius 2 is 1.87 bits per heavy atom. The van der Waals surface area contributed by atoms with E-state index in [1.54, 1.807) is 24.1 Å². The summed E-state index contributed by atoms with van der Waals surface area (Å²) in [6, 6.07) is 21.1. The highest BCUT2D eigenvalue weighted by atomic mass is 16.5. The average molecular weight is 412 g/mol. The van der Waals surface area contributed by atoms with Gasteiger partial charge >= 0.3 is 11.7 Å². The molecule has 1 unspecified atom stereocenters. The van der Waals surface area contributed by atoms with Gasteiger partial charge in [-0.05, 0) is 29.8 Å². The van der Waals surface area contributed by atoms with Gasteiger partial charge in [-0.2, -0.15) is 4.57 Å². The molecule has 2 aromatic carbocycles. The number of hydrogen-bond acceptors (Lipinski definition) is 5. The zero-order valence-corrected chi connectivity index (χ0v) is 17.1. The van der Waals surface area contributed by atoms with E-state index in [0.29, 0.717) is 24.3 Å². The minimum Gasteiger partial charge on any atom is -0.496 e. The van der Waals surface area contributed by atoms with Crippen molar-refractivity contribution >= 4 is 11.7 Å². The Balaban J connectivity index is 1.59. The lowest BCUT2D eigenvalue weighted by atomic mass is 10.1. The first-order valence-corrected chi connectivity index (χ1v) is 10.2. The minimum atomic E-state index is -0.407. The Labute approximate surface area is 180 Å². The van der Waals surface area contributed by atoms with E-state index in [1.165, 1.54) is 0 Å². The number of benzene rings is 2. The van der Waals surface area contributed by atoms with Crippen LogP contribution in [0.4, 0.5) is 5.82 Å². The number of nitrogens with zero attached hydrogens (tertiary/aromatic N) is 2. The second-order valence-corrected chi connectivity index (χ2v) is 7.47. The Kier molecular flexibility index (Phi) is 4.96. The molecule has 1 atom stereocenters. The average Bonchev–Trinajstić information content (AvgIpc) is 3.43. The highest BCUT2D eigenvalue weighted by molar-refractivity contribution is 5.83. The van der Waals surface area contributed by atoms with Crippen molar-refractivity contribution in [2.75, 3.05) is 12.4 Å². The molecule has 1 N–H and O–H groups in total. The number of aromatic nitrogens is 2. The SMILES string of the molecule is COc1ccccc1-c1c[n+]2c(c(Cc3ccccc3)n1)NC(Cc1ccco1)C2=O. The summed E-state index contributed by atoms with van der Waals surface area (Å²) in [6.07, 6.45) is 4.49. The van der Waals surface area contributed by atoms with Crippen molar-refractivity contribution in [3.05, 3.63) is 96.2 Å². The number of rotatable bonds is 6. The van der Waals surface area contributed by atoms with Gasteiger partial charge in [-0.25, -0.2) is 9.78 Å². The molecule has 0 bridgehead atoms. The fourth-order valence-corrected chi connectivity index (χ4v) is 3.94. The summed E-state index contributed by atoms with van der Waals surface area (Å²) < 4.78 is 12.7. The van der Waals surface area contributed by atoms with E-state index in [9.17, 15) is 4.79 Å². The van der Waals surface area contributed by atoms with Crippen molar-refractivity contribution in [2.24, 2.45) is 0 Å². The number of ether oxygens (including phenoxy) is 1. The molecule has 1 aliphatic heterocycles. The van der Waals surface area contributed by atoms with Gasteiger partial charge in [0.15, 0.2) is 0 Å². The molecule has 0 saturated carbocycles. The molecule has 6 heteroatoms. The van der Waals surface area contributed by atoms with Crippen LogP contribution in [0.2, 0.25) is 0 Å². The summed E-state index contributed by atoms with van der Waals surface area (Å²) in [6.45, 7) is 0. The molecule has 2 aromatic heterocycles. The van der Waals surface area contributed by atoms with Crippen LogP contribution in [0.1, 0.15) is 21.8 Å². The minimum absolute atomic E-state index is 0.0285. The van der Waals surface area contributed by atoms with Gasteiger partial charge in [0.1, 0.15) is 29.1 Å². The number of carbonyl (C=O) groups excluding carboxylic acids is 1. The van der Waals surface area contributed by atoms with Crippen LogP contribution in [-0.4, -0.2) is 24.0 Å². The number of nitrogens with one attached hydrogen (secondary N) is 1. The third-order valence-corrected chi connectivity index (χ3v) is 5.45. The Morgan fingerprint density at radius 3 is 2.65 bits per heavy atom. The fourth-order valence-electron chi connectivity index (χ4n) is 3.94. The lowest BCUT2D eigenvalue weighted by molar-refractivity contribution is -0.552. The molecule has 0 radical (unpaired) electrons. The summed E-state index contributed by atoms with van der Waals surface area (Å²) in [7, 11) is 1.64. The van der Waals surface area contributed by atoms with E-state index in [4.69, 9.17) is 14.1 Å². The molecule has 0 saturated heterocycles. The smallest absolute Gasteiger partial charge is 0.359 e. The molecular weight excluding hydrogens is 390 g/mol. The predicted molar refractivity (Wildman–Crippen MR) is 116 cm³/mol. The normalized spacial score (nSPS) is 14.9. The molecule has 0 aliphatic carbocycles. The van der Waals surface area contributed by atoms with Crippen molar-refractivity contribution in [3.8, 4) is 17.0 Å². The second-order valence-electron chi connectivity index (χ2n) is 7.47. The first-order valence-electron chi connectivity index (χ1n) is 10.2. The van der Waals surface area contributed by atoms with Gasteiger partial charge in [0.2, 0.25) is 6.04 Å². The summed E-state index contributed by atoms with van der Waals surface area (Å²) in [5, 5.41) is 3.38. The molecular formula is C25H22N3O3+. The Hall–Kier alpha value is -3.93. The van der Waals surface area contributed by atoms with Crippen LogP contribution in [0.3, 0.4) is 0 Å². The quantitative estimate of drug-likeness (QED) is 0.487. The van der Waals surface area contributed by atoms with Gasteiger partial charge in [-0.1, -0.05) is 42.5 Å². The van der Waals surface area contributed by atoms with Crippen LogP contribution < -0.4 is 14.6 Å². The van der Waals surface area contributed by atoms with E-state index >= 15 is 0 Å². The monoisotopic (exact) mass is 412 g/mol. The standard InChI is InChI=1S/C25H21N3O3/c1-30-23-12-6-5-11-19(23)22-16-28-24(20(26-22)14-17-8-3-2-4-9-17)27-21(25(28)29)15-18-10-7-13-31-18/h2-13,16,21H,14-15H2,1H3/p+1. The Bertz CT molecular complexity index is 1220. The van der Waals surface area contributed by atoms with Crippen molar-refractivity contribution in [1.82, 2.24) is 4.98 Å². The highest BCUT2D eigenvalue weighted by Crippen LogP contribution is 2.30. The highest BCUT2D eigenvalue weighted by Gasteiger charge is 2.41. The molecule has 31 heavy (non-hydrogen) atoms. The first kappa shape index (κ1) is 19.1. The van der Waals surface area contributed by atoms with Gasteiger partial charge < -0.3 is 9.15 Å². The number of anilines is 1. The first-order chi connectivity index (χ1) is 15.2. The van der Waals surface area contributed by atoms with Crippen LogP contribution >= 0.6 is 0 Å². The third kappa shape index (κ3) is 3.68. The fraction of sp³-hybridized carbons (Fsp3) is 0.160. The van der Waals surface area contributed by atoms with Crippen LogP contribution in [0.15, 0.2) is 83.6 Å². The number of carbonyl (C=O) groups is 1. The summed E-state index contributed by atoms with van der Waals surface area (Å²) in [5.74, 6) is 2.18. The molecule has 4 aromatic rings. The topological polar surface area (TPSA) is 68.2 Å². The summed E-state index contributed by atoms with van der Waals surface area (Å²) >= 11 is 0. The zero-order chi connectivity index (χ0) is 21.2. The molecule has 0 fully saturated rings. The van der Waals surface area contributed by atoms with Crippen LogP contribution in [0.25, 0.3) is 11.3 Å². The van der Waals surface area contributed by atoms with Crippen LogP contribution in [0, 0.1) is 0 Å². The molecule has 1 aliphatic rings. The third-order valence-electron chi connectivity index (χ3n) is 5.45. The van der Waals surface area contributed by atoms with Gasteiger partial charge in [0.25, 0.3) is 0 Å². The number of hydrogen-bond donors (Lipinski definition) is 1. The molecule has 6 nitrogen and oxygen atoms in total. The van der Waals surface area contributed by atoms with Crippen molar-refractivity contribution in [3.63, 3.8) is 0 Å². The van der Waals surface area contributed by atoms with E-state index in [0.717, 1.165) is 28.4 Å². The van der Waals surface area contributed by atoms with E-state index in [-0.39, 0.29) is 5.91 Å². The van der Waals surface area contributed by atoms with Crippen LogP contribution in [-0.2, 0) is 12.8 Å². The van der Waals surface area contributed by atoms with E-state index in [1.807, 2.05) is 54.6 Å². The predicted octanol–water partition coefficient (Wildman–Crippen LogP) is 3.91. The van der Waals surface area contributed by atoms with Crippen molar-refractivity contribution < 1.29 is 18.5 Å². The van der Waals surface area contributed by atoms with Gasteiger partial charge in [-0.15, -0.1) is 0 Å². The van der Waals surface area contributed by atoms with Gasteiger partial charge in [0, 0.05) is 12.0 Å². The maximum atomic E-state index is 13.3. The molecule has 154 valence electrons. The number of para-hydroxylation sites is 1. The second kappa shape index (κ2) is 8.07. The lowest BCUT2D eigenvalue weighted by Gasteiger charge is -2.10. The number of furan rings is 1. The molecule has 3 heterocycles. The van der Waals surface area contributed by atoms with E-state index in [2.05, 4.69) is 17.4 Å². The van der Waals surface area contributed by atoms with Gasteiger partial charge in [0.05, 0.1) is 19.8 Å². The van der Waals surface area contributed by atoms with Crippen molar-refractivity contribution in [2.45, 2.75) is 18.9 Å². The van der Waals surface area contributed by atoms with E-state index < -0.39 is 6.04 Å². The molecule has 0 amide bonds. The molecule has 5 rings (SSSR count).